The van der Waals surface area contributed by atoms with Gasteiger partial charge < -0.3 is 10.1 Å². The number of hydrogen-bond acceptors (Lipinski definition) is 3. The molecule has 1 rings (SSSR count). The molecule has 84 valence electrons. The first-order chi connectivity index (χ1) is 7.13. The van der Waals surface area contributed by atoms with Crippen molar-refractivity contribution in [2.24, 2.45) is 0 Å². The maximum atomic E-state index is 11.5. The molecule has 1 N–H and O–H groups in total. The summed E-state index contributed by atoms with van der Waals surface area (Å²) >= 11 is 12.8. The molecule has 0 bridgehead atoms. The van der Waals surface area contributed by atoms with E-state index >= 15 is 0 Å². The highest BCUT2D eigenvalue weighted by Gasteiger charge is 2.10. The zero-order valence-corrected chi connectivity index (χ0v) is 10.5. The van der Waals surface area contributed by atoms with Crippen molar-refractivity contribution < 1.29 is 9.53 Å². The van der Waals surface area contributed by atoms with E-state index < -0.39 is 0 Å². The van der Waals surface area contributed by atoms with Gasteiger partial charge in [0.05, 0.1) is 21.2 Å². The average Bonchev–Trinajstić information content (AvgIpc) is 2.62. The molecule has 0 aliphatic heterocycles. The van der Waals surface area contributed by atoms with Gasteiger partial charge in [0.15, 0.2) is 0 Å². The van der Waals surface area contributed by atoms with Gasteiger partial charge in [-0.3, -0.25) is 4.79 Å². The third-order valence-electron chi connectivity index (χ3n) is 1.63. The predicted molar refractivity (Wildman–Crippen MR) is 63.2 cm³/mol. The fourth-order valence-corrected chi connectivity index (χ4v) is 2.13. The Bertz CT molecular complexity index is 330. The molecule has 0 radical (unpaired) electrons. The third-order valence-corrected chi connectivity index (χ3v) is 3.14. The summed E-state index contributed by atoms with van der Waals surface area (Å²) in [5.41, 5.74) is 0. The van der Waals surface area contributed by atoms with Crippen LogP contribution < -0.4 is 5.32 Å². The number of nitrogens with one attached hydrogen (secondary N) is 1. The van der Waals surface area contributed by atoms with Crippen molar-refractivity contribution in [1.29, 1.82) is 0 Å². The number of rotatable bonds is 5. The largest absolute Gasteiger partial charge is 0.383 e. The molecule has 1 heterocycles. The van der Waals surface area contributed by atoms with E-state index in [0.717, 1.165) is 0 Å². The lowest BCUT2D eigenvalue weighted by Gasteiger charge is -2.08. The molecule has 15 heavy (non-hydrogen) atoms. The second-order valence-corrected chi connectivity index (χ2v) is 5.20. The van der Waals surface area contributed by atoms with Gasteiger partial charge in [0, 0.05) is 13.7 Å². The fraction of sp³-hybridized carbons (Fsp3) is 0.444. The molecule has 0 spiro atoms. The van der Waals surface area contributed by atoms with Crippen LogP contribution in [-0.2, 0) is 4.74 Å². The Kier molecular flexibility index (Phi) is 5.39. The van der Waals surface area contributed by atoms with Gasteiger partial charge in [-0.1, -0.05) is 11.6 Å². The number of alkyl halides is 1. The van der Waals surface area contributed by atoms with Crippen molar-refractivity contribution in [1.82, 2.24) is 5.32 Å². The first-order valence-corrected chi connectivity index (χ1v) is 5.93. The standard InChI is InChI=1S/C9H11Cl2NO2S/c1-14-5-6(10)4-12-9(13)7-2-3-8(11)15-7/h2-3,6H,4-5H2,1H3,(H,12,13). The zero-order chi connectivity index (χ0) is 11.3. The summed E-state index contributed by atoms with van der Waals surface area (Å²) in [7, 11) is 1.57. The summed E-state index contributed by atoms with van der Waals surface area (Å²) in [5, 5.41) is 2.48. The van der Waals surface area contributed by atoms with Crippen LogP contribution in [0.25, 0.3) is 0 Å². The Morgan fingerprint density at radius 1 is 1.67 bits per heavy atom. The lowest BCUT2D eigenvalue weighted by molar-refractivity contribution is 0.0953. The lowest BCUT2D eigenvalue weighted by atomic mass is 10.4. The molecule has 3 nitrogen and oxygen atoms in total. The molecule has 0 saturated carbocycles. The highest BCUT2D eigenvalue weighted by atomic mass is 35.5. The average molecular weight is 268 g/mol. The number of thiophene rings is 1. The summed E-state index contributed by atoms with van der Waals surface area (Å²) in [6, 6.07) is 3.37. The van der Waals surface area contributed by atoms with Crippen molar-refractivity contribution in [3.05, 3.63) is 21.3 Å². The Balaban J connectivity index is 2.36. The molecule has 0 fully saturated rings. The quantitative estimate of drug-likeness (QED) is 0.833. The van der Waals surface area contributed by atoms with E-state index in [1.54, 1.807) is 19.2 Å². The molecule has 6 heteroatoms. The van der Waals surface area contributed by atoms with Gasteiger partial charge in [-0.25, -0.2) is 0 Å². The second-order valence-electron chi connectivity index (χ2n) is 2.87. The van der Waals surface area contributed by atoms with Crippen molar-refractivity contribution in [2.45, 2.75) is 5.38 Å². The highest BCUT2D eigenvalue weighted by Crippen LogP contribution is 2.21. The third kappa shape index (κ3) is 4.38. The van der Waals surface area contributed by atoms with Crippen molar-refractivity contribution in [3.63, 3.8) is 0 Å². The number of hydrogen-bond donors (Lipinski definition) is 1. The predicted octanol–water partition coefficient (Wildman–Crippen LogP) is 2.39. The fourth-order valence-electron chi connectivity index (χ4n) is 0.967. The van der Waals surface area contributed by atoms with Crippen LogP contribution in [0.3, 0.4) is 0 Å². The van der Waals surface area contributed by atoms with E-state index in [0.29, 0.717) is 22.4 Å². The molecule has 0 aromatic carbocycles. The Morgan fingerprint density at radius 3 is 2.93 bits per heavy atom. The topological polar surface area (TPSA) is 38.3 Å². The molecule has 0 aliphatic carbocycles. The first-order valence-electron chi connectivity index (χ1n) is 4.30. The molecule has 0 aliphatic rings. The van der Waals surface area contributed by atoms with Crippen LogP contribution in [0.4, 0.5) is 0 Å². The summed E-state index contributed by atoms with van der Waals surface area (Å²) in [4.78, 5) is 12.1. The molecular weight excluding hydrogens is 257 g/mol. The summed E-state index contributed by atoms with van der Waals surface area (Å²) in [6.45, 7) is 0.788. The normalized spacial score (nSPS) is 12.5. The molecule has 1 aromatic heterocycles. The number of halogens is 2. The van der Waals surface area contributed by atoms with Gasteiger partial charge in [0.2, 0.25) is 0 Å². The van der Waals surface area contributed by atoms with Crippen LogP contribution in [0.2, 0.25) is 4.34 Å². The Morgan fingerprint density at radius 2 is 2.40 bits per heavy atom. The van der Waals surface area contributed by atoms with Gasteiger partial charge in [0.25, 0.3) is 5.91 Å². The number of methoxy groups -OCH3 is 1. The smallest absolute Gasteiger partial charge is 0.261 e. The Hall–Kier alpha value is -0.290. The van der Waals surface area contributed by atoms with E-state index in [1.807, 2.05) is 0 Å². The molecule has 0 saturated heterocycles. The molecule has 1 atom stereocenters. The van der Waals surface area contributed by atoms with Crippen LogP contribution in [0.1, 0.15) is 9.67 Å². The molecule has 1 unspecified atom stereocenters. The lowest BCUT2D eigenvalue weighted by Crippen LogP contribution is -2.31. The Labute approximate surface area is 102 Å². The molecular formula is C9H11Cl2NO2S. The number of ether oxygens (including phenoxy) is 1. The van der Waals surface area contributed by atoms with Crippen molar-refractivity contribution in [2.75, 3.05) is 20.3 Å². The summed E-state index contributed by atoms with van der Waals surface area (Å²) in [6.07, 6.45) is 0. The minimum Gasteiger partial charge on any atom is -0.383 e. The summed E-state index contributed by atoms with van der Waals surface area (Å²) < 4.78 is 5.44. The van der Waals surface area contributed by atoms with Gasteiger partial charge in [-0.15, -0.1) is 22.9 Å². The first kappa shape index (κ1) is 12.8. The molecule has 1 aromatic rings. The highest BCUT2D eigenvalue weighted by molar-refractivity contribution is 7.17. The maximum Gasteiger partial charge on any atom is 0.261 e. The van der Waals surface area contributed by atoms with E-state index in [2.05, 4.69) is 5.32 Å². The van der Waals surface area contributed by atoms with Gasteiger partial charge in [-0.2, -0.15) is 0 Å². The number of carbonyl (C=O) groups excluding carboxylic acids is 1. The van der Waals surface area contributed by atoms with Crippen LogP contribution in [0.5, 0.6) is 0 Å². The number of amides is 1. The van der Waals surface area contributed by atoms with Gasteiger partial charge >= 0.3 is 0 Å². The van der Waals surface area contributed by atoms with E-state index in [9.17, 15) is 4.79 Å². The van der Waals surface area contributed by atoms with Crippen molar-refractivity contribution in [3.8, 4) is 0 Å². The van der Waals surface area contributed by atoms with Crippen LogP contribution in [0.15, 0.2) is 12.1 Å². The maximum absolute atomic E-state index is 11.5. The monoisotopic (exact) mass is 267 g/mol. The minimum absolute atomic E-state index is 0.159. The second kappa shape index (κ2) is 6.33. The van der Waals surface area contributed by atoms with E-state index in [1.165, 1.54) is 11.3 Å². The van der Waals surface area contributed by atoms with Crippen LogP contribution >= 0.6 is 34.5 Å². The van der Waals surface area contributed by atoms with Gasteiger partial charge in [0.1, 0.15) is 0 Å². The zero-order valence-electron chi connectivity index (χ0n) is 8.13. The van der Waals surface area contributed by atoms with Gasteiger partial charge in [-0.05, 0) is 12.1 Å². The van der Waals surface area contributed by atoms with E-state index in [-0.39, 0.29) is 11.3 Å². The van der Waals surface area contributed by atoms with Crippen LogP contribution in [-0.4, -0.2) is 31.5 Å². The molecule has 1 amide bonds. The minimum atomic E-state index is -0.214. The summed E-state index contributed by atoms with van der Waals surface area (Å²) in [5.74, 6) is -0.159. The van der Waals surface area contributed by atoms with Crippen molar-refractivity contribution >= 4 is 40.4 Å². The number of carbonyl (C=O) groups is 1. The van der Waals surface area contributed by atoms with Crippen LogP contribution in [0, 0.1) is 0 Å². The SMILES string of the molecule is COCC(Cl)CNC(=O)c1ccc(Cl)s1. The van der Waals surface area contributed by atoms with E-state index in [4.69, 9.17) is 27.9 Å².